The molecule has 0 atom stereocenters. The number of nitrogens with zero attached hydrogens (tertiary/aromatic N) is 1. The van der Waals surface area contributed by atoms with E-state index in [1.165, 1.54) is 12.5 Å². The largest absolute Gasteiger partial charge is 0.494 e. The molecule has 0 aliphatic carbocycles. The lowest BCUT2D eigenvalue weighted by molar-refractivity contribution is 0.281. The van der Waals surface area contributed by atoms with Crippen molar-refractivity contribution in [3.63, 3.8) is 0 Å². The van der Waals surface area contributed by atoms with E-state index in [0.717, 1.165) is 24.3 Å². The molecule has 3 aromatic rings. The van der Waals surface area contributed by atoms with Crippen LogP contribution in [0.3, 0.4) is 0 Å². The fourth-order valence-electron chi connectivity index (χ4n) is 2.62. The van der Waals surface area contributed by atoms with Gasteiger partial charge >= 0.3 is 0 Å². The highest BCUT2D eigenvalue weighted by Gasteiger charge is 1.99. The Bertz CT molecular complexity index is 1120. The summed E-state index contributed by atoms with van der Waals surface area (Å²) in [6, 6.07) is 9.06. The van der Waals surface area contributed by atoms with E-state index in [4.69, 9.17) is 9.15 Å². The lowest BCUT2D eigenvalue weighted by Crippen LogP contribution is -2.46. The van der Waals surface area contributed by atoms with Crippen LogP contribution in [-0.4, -0.2) is 42.1 Å². The quantitative estimate of drug-likeness (QED) is 0.586. The number of hydrogen-bond acceptors (Lipinski definition) is 5. The van der Waals surface area contributed by atoms with Gasteiger partial charge < -0.3 is 24.0 Å². The van der Waals surface area contributed by atoms with Crippen molar-refractivity contribution in [1.29, 1.82) is 0 Å². The zero-order chi connectivity index (χ0) is 19.9. The van der Waals surface area contributed by atoms with E-state index in [2.05, 4.69) is 14.9 Å². The van der Waals surface area contributed by atoms with Crippen LogP contribution in [-0.2, 0) is 0 Å². The van der Waals surface area contributed by atoms with Crippen molar-refractivity contribution in [3.8, 4) is 5.75 Å². The Hall–Kier alpha value is -3.32. The molecule has 0 aliphatic heterocycles. The molecule has 146 valence electrons. The zero-order valence-corrected chi connectivity index (χ0v) is 15.9. The molecule has 0 saturated carbocycles. The highest BCUT2D eigenvalue weighted by molar-refractivity contribution is 5.50. The van der Waals surface area contributed by atoms with Crippen LogP contribution >= 0.6 is 0 Å². The molecule has 1 aromatic carbocycles. The van der Waals surface area contributed by atoms with Crippen LogP contribution in [0.2, 0.25) is 0 Å². The smallest absolute Gasteiger partial charge is 0.272 e. The third-order valence-electron chi connectivity index (χ3n) is 4.05. The van der Waals surface area contributed by atoms with Crippen LogP contribution in [0.1, 0.15) is 17.5 Å². The number of furan rings is 1. The maximum atomic E-state index is 12.3. The van der Waals surface area contributed by atoms with Gasteiger partial charge in [-0.1, -0.05) is 12.1 Å². The van der Waals surface area contributed by atoms with E-state index in [0.29, 0.717) is 12.2 Å². The SMILES string of the molecule is CN(C)CCCOc1ccc(/C=c2\[nH]c(=O)/c(=C/c3ccoc3)[nH]c2=O)cc1. The topological polar surface area (TPSA) is 91.3 Å². The molecule has 0 unspecified atom stereocenters. The molecule has 28 heavy (non-hydrogen) atoms. The fourth-order valence-corrected chi connectivity index (χ4v) is 2.62. The Morgan fingerprint density at radius 2 is 1.61 bits per heavy atom. The lowest BCUT2D eigenvalue weighted by atomic mass is 10.2. The predicted octanol–water partition coefficient (Wildman–Crippen LogP) is 0.644. The summed E-state index contributed by atoms with van der Waals surface area (Å²) >= 11 is 0. The molecule has 3 rings (SSSR count). The van der Waals surface area contributed by atoms with E-state index in [-0.39, 0.29) is 21.8 Å². The second-order valence-corrected chi connectivity index (χ2v) is 6.66. The van der Waals surface area contributed by atoms with Crippen LogP contribution in [0.4, 0.5) is 0 Å². The summed E-state index contributed by atoms with van der Waals surface area (Å²) in [7, 11) is 4.05. The number of aromatic nitrogens is 2. The molecule has 0 spiro atoms. The van der Waals surface area contributed by atoms with Gasteiger partial charge in [0.25, 0.3) is 11.1 Å². The minimum Gasteiger partial charge on any atom is -0.494 e. The Kier molecular flexibility index (Phi) is 6.29. The first-order valence-electron chi connectivity index (χ1n) is 8.97. The van der Waals surface area contributed by atoms with Crippen LogP contribution in [0.25, 0.3) is 12.2 Å². The van der Waals surface area contributed by atoms with Crippen molar-refractivity contribution in [2.24, 2.45) is 0 Å². The molecule has 0 saturated heterocycles. The minimum absolute atomic E-state index is 0.171. The van der Waals surface area contributed by atoms with Crippen molar-refractivity contribution in [3.05, 3.63) is 85.4 Å². The normalized spacial score (nSPS) is 12.7. The first-order chi connectivity index (χ1) is 13.5. The molecule has 2 N–H and O–H groups in total. The van der Waals surface area contributed by atoms with Gasteiger partial charge in [-0.25, -0.2) is 0 Å². The molecule has 7 nitrogen and oxygen atoms in total. The maximum absolute atomic E-state index is 12.3. The van der Waals surface area contributed by atoms with Crippen molar-refractivity contribution in [2.45, 2.75) is 6.42 Å². The third kappa shape index (κ3) is 5.34. The summed E-state index contributed by atoms with van der Waals surface area (Å²) in [5.41, 5.74) is 0.721. The van der Waals surface area contributed by atoms with Crippen molar-refractivity contribution in [2.75, 3.05) is 27.2 Å². The summed E-state index contributed by atoms with van der Waals surface area (Å²) in [4.78, 5) is 31.8. The van der Waals surface area contributed by atoms with Gasteiger partial charge in [0.1, 0.15) is 16.4 Å². The van der Waals surface area contributed by atoms with E-state index >= 15 is 0 Å². The second-order valence-electron chi connectivity index (χ2n) is 6.66. The molecule has 7 heteroatoms. The van der Waals surface area contributed by atoms with Gasteiger partial charge in [-0.3, -0.25) is 9.59 Å². The third-order valence-corrected chi connectivity index (χ3v) is 4.05. The lowest BCUT2D eigenvalue weighted by Gasteiger charge is -2.10. The number of benzene rings is 1. The maximum Gasteiger partial charge on any atom is 0.272 e. The summed E-state index contributed by atoms with van der Waals surface area (Å²) in [5, 5.41) is 0.360. The van der Waals surface area contributed by atoms with Gasteiger partial charge in [0, 0.05) is 12.1 Å². The summed E-state index contributed by atoms with van der Waals surface area (Å²) in [6.07, 6.45) is 7.10. The van der Waals surface area contributed by atoms with Gasteiger partial charge in [0.2, 0.25) is 0 Å². The molecular formula is C21H23N3O4. The molecule has 0 fully saturated rings. The molecule has 0 radical (unpaired) electrons. The number of nitrogens with one attached hydrogen (secondary N) is 2. The van der Waals surface area contributed by atoms with E-state index in [9.17, 15) is 9.59 Å². The number of H-pyrrole nitrogens is 2. The van der Waals surface area contributed by atoms with Crippen LogP contribution in [0.15, 0.2) is 56.9 Å². The monoisotopic (exact) mass is 381 g/mol. The average Bonchev–Trinajstić information content (AvgIpc) is 3.17. The van der Waals surface area contributed by atoms with Crippen molar-refractivity contribution >= 4 is 12.2 Å². The van der Waals surface area contributed by atoms with Gasteiger partial charge in [-0.15, -0.1) is 0 Å². The molecule has 0 aliphatic rings. The molecule has 2 aromatic heterocycles. The standard InChI is InChI=1S/C21H23N3O4/c1-24(2)9-3-10-28-17-6-4-15(5-7-17)12-18-20(25)23-19(21(26)22-18)13-16-8-11-27-14-16/h4-8,11-14H,3,9-10H2,1-2H3,(H,22,26)(H,23,25)/b18-12-,19-13-. The van der Waals surface area contributed by atoms with Crippen molar-refractivity contribution in [1.82, 2.24) is 14.9 Å². The van der Waals surface area contributed by atoms with Gasteiger partial charge in [0.15, 0.2) is 0 Å². The van der Waals surface area contributed by atoms with Gasteiger partial charge in [-0.2, -0.15) is 0 Å². The summed E-state index contributed by atoms with van der Waals surface area (Å²) in [5.74, 6) is 0.767. The van der Waals surface area contributed by atoms with E-state index in [1.54, 1.807) is 18.2 Å². The first-order valence-corrected chi connectivity index (χ1v) is 8.97. The van der Waals surface area contributed by atoms with E-state index < -0.39 is 0 Å². The molecule has 0 bridgehead atoms. The number of aromatic amines is 2. The molecule has 0 amide bonds. The van der Waals surface area contributed by atoms with Crippen molar-refractivity contribution < 1.29 is 9.15 Å². The van der Waals surface area contributed by atoms with Crippen LogP contribution in [0, 0.1) is 0 Å². The molecule has 2 heterocycles. The highest BCUT2D eigenvalue weighted by atomic mass is 16.5. The molecular weight excluding hydrogens is 358 g/mol. The van der Waals surface area contributed by atoms with Crippen LogP contribution in [0.5, 0.6) is 5.75 Å². The minimum atomic E-state index is -0.382. The van der Waals surface area contributed by atoms with E-state index in [1.807, 2.05) is 38.4 Å². The Balaban J connectivity index is 1.77. The zero-order valence-electron chi connectivity index (χ0n) is 15.9. The summed E-state index contributed by atoms with van der Waals surface area (Å²) < 4.78 is 10.6. The van der Waals surface area contributed by atoms with Gasteiger partial charge in [0.05, 0.1) is 19.1 Å². The second kappa shape index (κ2) is 9.05. The Labute approximate surface area is 161 Å². The highest BCUT2D eigenvalue weighted by Crippen LogP contribution is 2.12. The Morgan fingerprint density at radius 3 is 2.18 bits per heavy atom. The summed E-state index contributed by atoms with van der Waals surface area (Å²) in [6.45, 7) is 1.61. The number of hydrogen-bond donors (Lipinski definition) is 2. The Morgan fingerprint density at radius 1 is 0.964 bits per heavy atom. The average molecular weight is 381 g/mol. The predicted molar refractivity (Wildman–Crippen MR) is 108 cm³/mol. The number of ether oxygens (including phenoxy) is 1. The number of rotatable bonds is 7. The first kappa shape index (κ1) is 19.4. The fraction of sp³-hybridized carbons (Fsp3) is 0.238. The van der Waals surface area contributed by atoms with Gasteiger partial charge in [-0.05, 0) is 56.4 Å². The van der Waals surface area contributed by atoms with Crippen LogP contribution < -0.4 is 26.6 Å².